The van der Waals surface area contributed by atoms with Gasteiger partial charge in [0.2, 0.25) is 10.0 Å². The Labute approximate surface area is 115 Å². The first-order chi connectivity index (χ1) is 9.40. The molecule has 7 nitrogen and oxygen atoms in total. The van der Waals surface area contributed by atoms with Gasteiger partial charge in [0.1, 0.15) is 5.82 Å². The molecule has 2 N–H and O–H groups in total. The lowest BCUT2D eigenvalue weighted by Gasteiger charge is -2.23. The van der Waals surface area contributed by atoms with Crippen LogP contribution in [0.5, 0.6) is 0 Å². The van der Waals surface area contributed by atoms with E-state index >= 15 is 0 Å². The van der Waals surface area contributed by atoms with E-state index in [0.717, 1.165) is 12.1 Å². The highest BCUT2D eigenvalue weighted by molar-refractivity contribution is 7.89. The van der Waals surface area contributed by atoms with Gasteiger partial charge >= 0.3 is 0 Å². The maximum absolute atomic E-state index is 13.0. The van der Waals surface area contributed by atoms with Crippen LogP contribution >= 0.6 is 0 Å². The normalized spacial score (nSPS) is 17.1. The minimum absolute atomic E-state index is 0.272. The third-order valence-electron chi connectivity index (χ3n) is 3.07. The van der Waals surface area contributed by atoms with Gasteiger partial charge in [0.05, 0.1) is 11.0 Å². The van der Waals surface area contributed by atoms with Crippen molar-refractivity contribution in [3.63, 3.8) is 0 Å². The van der Waals surface area contributed by atoms with E-state index in [0.29, 0.717) is 32.0 Å². The molecule has 0 amide bonds. The van der Waals surface area contributed by atoms with Crippen molar-refractivity contribution in [2.45, 2.75) is 23.8 Å². The molecule has 0 unspecified atom stereocenters. The van der Waals surface area contributed by atoms with Crippen molar-refractivity contribution in [2.75, 3.05) is 13.1 Å². The smallest absolute Gasteiger partial charge is 0.292 e. The average Bonchev–Trinajstić information content (AvgIpc) is 2.38. The van der Waals surface area contributed by atoms with Crippen LogP contribution in [0.15, 0.2) is 23.1 Å². The number of hydrogen-bond acceptors (Lipinski definition) is 5. The van der Waals surface area contributed by atoms with Crippen LogP contribution in [0, 0.1) is 15.9 Å². The number of sulfonamides is 1. The number of halogens is 1. The lowest BCUT2D eigenvalue weighted by atomic mass is 10.1. The van der Waals surface area contributed by atoms with Gasteiger partial charge in [0, 0.05) is 6.04 Å². The molecule has 20 heavy (non-hydrogen) atoms. The number of nitrogens with one attached hydrogen (secondary N) is 2. The second-order valence-electron chi connectivity index (χ2n) is 4.51. The van der Waals surface area contributed by atoms with E-state index in [2.05, 4.69) is 10.0 Å². The Morgan fingerprint density at radius 1 is 1.35 bits per heavy atom. The summed E-state index contributed by atoms with van der Waals surface area (Å²) in [5.41, 5.74) is -0.758. The molecule has 1 aromatic carbocycles. The van der Waals surface area contributed by atoms with Crippen LogP contribution in [0.2, 0.25) is 0 Å². The van der Waals surface area contributed by atoms with Gasteiger partial charge in [0.15, 0.2) is 4.90 Å². The first-order valence-corrected chi connectivity index (χ1v) is 7.55. The molecule has 1 aliphatic rings. The number of rotatable bonds is 4. The molecule has 1 aromatic rings. The van der Waals surface area contributed by atoms with Gasteiger partial charge in [-0.2, -0.15) is 0 Å². The highest BCUT2D eigenvalue weighted by Gasteiger charge is 2.29. The minimum atomic E-state index is -4.04. The maximum Gasteiger partial charge on any atom is 0.292 e. The Balaban J connectivity index is 2.31. The van der Waals surface area contributed by atoms with Crippen LogP contribution in [0.25, 0.3) is 0 Å². The molecule has 110 valence electrons. The summed E-state index contributed by atoms with van der Waals surface area (Å²) >= 11 is 0. The predicted molar refractivity (Wildman–Crippen MR) is 69.3 cm³/mol. The van der Waals surface area contributed by atoms with Crippen LogP contribution < -0.4 is 10.0 Å². The van der Waals surface area contributed by atoms with Crippen molar-refractivity contribution in [2.24, 2.45) is 0 Å². The molecule has 9 heteroatoms. The lowest BCUT2D eigenvalue weighted by Crippen LogP contribution is -2.42. The SMILES string of the molecule is O=[N+]([O-])c1cc(F)ccc1S(=O)(=O)NC1CCNCC1. The fourth-order valence-electron chi connectivity index (χ4n) is 2.08. The van der Waals surface area contributed by atoms with E-state index in [9.17, 15) is 22.9 Å². The zero-order chi connectivity index (χ0) is 14.8. The van der Waals surface area contributed by atoms with Gasteiger partial charge in [-0.1, -0.05) is 0 Å². The van der Waals surface area contributed by atoms with Crippen LogP contribution in [0.4, 0.5) is 10.1 Å². The fraction of sp³-hybridized carbons (Fsp3) is 0.455. The molecule has 0 aliphatic carbocycles. The Bertz CT molecular complexity index is 614. The Hall–Kier alpha value is -1.58. The molecule has 0 aromatic heterocycles. The van der Waals surface area contributed by atoms with Crippen molar-refractivity contribution in [3.8, 4) is 0 Å². The summed E-state index contributed by atoms with van der Waals surface area (Å²) in [6, 6.07) is 2.14. The quantitative estimate of drug-likeness (QED) is 0.632. The fourth-order valence-corrected chi connectivity index (χ4v) is 3.54. The molecule has 1 aliphatic heterocycles. The molecule has 0 spiro atoms. The summed E-state index contributed by atoms with van der Waals surface area (Å²) < 4.78 is 39.8. The number of nitro benzene ring substituents is 1. The first-order valence-electron chi connectivity index (χ1n) is 6.07. The minimum Gasteiger partial charge on any atom is -0.317 e. The summed E-state index contributed by atoms with van der Waals surface area (Å²) in [7, 11) is -4.04. The Morgan fingerprint density at radius 2 is 2.00 bits per heavy atom. The molecule has 0 bridgehead atoms. The second kappa shape index (κ2) is 5.81. The van der Waals surface area contributed by atoms with Gasteiger partial charge < -0.3 is 5.32 Å². The summed E-state index contributed by atoms with van der Waals surface area (Å²) in [6.45, 7) is 1.36. The summed E-state index contributed by atoms with van der Waals surface area (Å²) in [4.78, 5) is 9.44. The summed E-state index contributed by atoms with van der Waals surface area (Å²) in [5.74, 6) is -0.850. The average molecular weight is 303 g/mol. The van der Waals surface area contributed by atoms with Crippen LogP contribution in [-0.2, 0) is 10.0 Å². The van der Waals surface area contributed by atoms with Crippen LogP contribution in [-0.4, -0.2) is 32.5 Å². The summed E-state index contributed by atoms with van der Waals surface area (Å²) in [6.07, 6.45) is 1.21. The second-order valence-corrected chi connectivity index (χ2v) is 6.20. The number of nitrogens with zero attached hydrogens (tertiary/aromatic N) is 1. The highest BCUT2D eigenvalue weighted by atomic mass is 32.2. The monoisotopic (exact) mass is 303 g/mol. The first kappa shape index (κ1) is 14.8. The number of hydrogen-bond donors (Lipinski definition) is 2. The molecular weight excluding hydrogens is 289 g/mol. The molecule has 1 heterocycles. The topological polar surface area (TPSA) is 101 Å². The van der Waals surface area contributed by atoms with Gasteiger partial charge in [-0.05, 0) is 38.1 Å². The van der Waals surface area contributed by atoms with Gasteiger partial charge in [-0.15, -0.1) is 0 Å². The van der Waals surface area contributed by atoms with E-state index in [1.165, 1.54) is 0 Å². The molecule has 0 radical (unpaired) electrons. The van der Waals surface area contributed by atoms with E-state index in [1.54, 1.807) is 0 Å². The largest absolute Gasteiger partial charge is 0.317 e. The number of nitro groups is 1. The van der Waals surface area contributed by atoms with E-state index in [4.69, 9.17) is 0 Å². The predicted octanol–water partition coefficient (Wildman–Crippen LogP) is 0.764. The van der Waals surface area contributed by atoms with E-state index in [-0.39, 0.29) is 6.04 Å². The van der Waals surface area contributed by atoms with Crippen LogP contribution in [0.1, 0.15) is 12.8 Å². The van der Waals surface area contributed by atoms with Crippen molar-refractivity contribution < 1.29 is 17.7 Å². The molecule has 0 saturated carbocycles. The van der Waals surface area contributed by atoms with Gasteiger partial charge in [-0.3, -0.25) is 10.1 Å². The summed E-state index contributed by atoms with van der Waals surface area (Å²) in [5, 5.41) is 13.9. The zero-order valence-corrected chi connectivity index (χ0v) is 11.3. The lowest BCUT2D eigenvalue weighted by molar-refractivity contribution is -0.388. The van der Waals surface area contributed by atoms with Crippen LogP contribution in [0.3, 0.4) is 0 Å². The van der Waals surface area contributed by atoms with Crippen molar-refractivity contribution in [3.05, 3.63) is 34.1 Å². The zero-order valence-electron chi connectivity index (χ0n) is 10.5. The Kier molecular flexibility index (Phi) is 4.31. The Morgan fingerprint density at radius 3 is 2.60 bits per heavy atom. The van der Waals surface area contributed by atoms with E-state index in [1.807, 2.05) is 0 Å². The molecular formula is C11H14FN3O4S. The molecule has 1 fully saturated rings. The number of piperidine rings is 1. The molecule has 0 atom stereocenters. The third-order valence-corrected chi connectivity index (χ3v) is 4.64. The van der Waals surface area contributed by atoms with Gasteiger partial charge in [-0.25, -0.2) is 17.5 Å². The maximum atomic E-state index is 13.0. The molecule has 1 saturated heterocycles. The highest BCUT2D eigenvalue weighted by Crippen LogP contribution is 2.25. The van der Waals surface area contributed by atoms with Crippen molar-refractivity contribution >= 4 is 15.7 Å². The van der Waals surface area contributed by atoms with Crippen molar-refractivity contribution in [1.82, 2.24) is 10.0 Å². The number of benzene rings is 1. The standard InChI is InChI=1S/C11H14FN3O4S/c12-8-1-2-11(10(7-8)15(16)17)20(18,19)14-9-3-5-13-6-4-9/h1-2,7,9,13-14H,3-6H2. The third kappa shape index (κ3) is 3.30. The van der Waals surface area contributed by atoms with Crippen molar-refractivity contribution in [1.29, 1.82) is 0 Å². The molecule has 2 rings (SSSR count). The van der Waals surface area contributed by atoms with Gasteiger partial charge in [0.25, 0.3) is 5.69 Å². The van der Waals surface area contributed by atoms with E-state index < -0.39 is 31.3 Å².